The van der Waals surface area contributed by atoms with E-state index in [1.165, 1.54) is 49.6 Å². The fraction of sp³-hybridized carbons (Fsp3) is 0.0833. The minimum Gasteiger partial charge on any atom is -0.308 e. The maximum Gasteiger partial charge on any atom is 0.0576 e. The first kappa shape index (κ1) is 14.3. The Hall–Kier alpha value is -3.06. The Balaban J connectivity index is 2.05. The van der Waals surface area contributed by atoms with Crippen LogP contribution < -0.4 is 0 Å². The monoisotopic (exact) mass is 321 g/mol. The van der Waals surface area contributed by atoms with Crippen molar-refractivity contribution in [2.75, 3.05) is 0 Å². The number of benzene rings is 3. The van der Waals surface area contributed by atoms with Gasteiger partial charge in [-0.15, -0.1) is 0 Å². The van der Waals surface area contributed by atoms with E-state index in [2.05, 4.69) is 97.1 Å². The summed E-state index contributed by atoms with van der Waals surface area (Å²) in [6, 6.07) is 28.6. The average molecular weight is 321 g/mol. The van der Waals surface area contributed by atoms with Gasteiger partial charge in [-0.3, -0.25) is 0 Å². The van der Waals surface area contributed by atoms with Gasteiger partial charge in [0.25, 0.3) is 0 Å². The van der Waals surface area contributed by atoms with Crippen LogP contribution in [0, 0.1) is 13.8 Å². The molecule has 0 aliphatic rings. The van der Waals surface area contributed by atoms with Gasteiger partial charge in [0.2, 0.25) is 0 Å². The predicted molar refractivity (Wildman–Crippen MR) is 107 cm³/mol. The molecule has 0 fully saturated rings. The lowest BCUT2D eigenvalue weighted by atomic mass is 10.00. The molecule has 5 rings (SSSR count). The summed E-state index contributed by atoms with van der Waals surface area (Å²) >= 11 is 0. The fourth-order valence-corrected chi connectivity index (χ4v) is 3.96. The van der Waals surface area contributed by atoms with Crippen molar-refractivity contribution in [1.29, 1.82) is 0 Å². The zero-order valence-electron chi connectivity index (χ0n) is 14.5. The molecule has 0 unspecified atom stereocenters. The third kappa shape index (κ3) is 2.02. The van der Waals surface area contributed by atoms with Gasteiger partial charge in [-0.25, -0.2) is 0 Å². The molecule has 2 aromatic heterocycles. The number of hydrogen-bond acceptors (Lipinski definition) is 0. The quantitative estimate of drug-likeness (QED) is 0.330. The summed E-state index contributed by atoms with van der Waals surface area (Å²) in [5.41, 5.74) is 9.05. The molecule has 0 atom stereocenters. The summed E-state index contributed by atoms with van der Waals surface area (Å²) < 4.78 is 2.43. The van der Waals surface area contributed by atoms with Gasteiger partial charge in [-0.05, 0) is 48.6 Å². The maximum absolute atomic E-state index is 2.43. The van der Waals surface area contributed by atoms with Gasteiger partial charge in [0.05, 0.1) is 16.6 Å². The summed E-state index contributed by atoms with van der Waals surface area (Å²) in [5.74, 6) is 0. The van der Waals surface area contributed by atoms with Crippen LogP contribution in [0.4, 0.5) is 0 Å². The molecule has 3 aromatic carbocycles. The Morgan fingerprint density at radius 1 is 0.680 bits per heavy atom. The van der Waals surface area contributed by atoms with E-state index in [1.54, 1.807) is 0 Å². The molecule has 0 saturated heterocycles. The highest BCUT2D eigenvalue weighted by atomic mass is 14.9. The van der Waals surface area contributed by atoms with Crippen LogP contribution in [0.1, 0.15) is 11.1 Å². The zero-order chi connectivity index (χ0) is 17.0. The Morgan fingerprint density at radius 3 is 2.16 bits per heavy atom. The summed E-state index contributed by atoms with van der Waals surface area (Å²) in [5, 5.41) is 2.60. The van der Waals surface area contributed by atoms with Gasteiger partial charge in [-0.2, -0.15) is 0 Å². The van der Waals surface area contributed by atoms with Crippen molar-refractivity contribution in [1.82, 2.24) is 4.40 Å². The van der Waals surface area contributed by atoms with Crippen LogP contribution in [-0.4, -0.2) is 4.40 Å². The summed E-state index contributed by atoms with van der Waals surface area (Å²) in [6.45, 7) is 4.38. The van der Waals surface area contributed by atoms with Gasteiger partial charge < -0.3 is 4.40 Å². The number of aromatic nitrogens is 1. The van der Waals surface area contributed by atoms with Crippen molar-refractivity contribution in [3.05, 3.63) is 90.0 Å². The number of aryl methyl sites for hydroxylation is 2. The standard InChI is InChI=1S/C24H19N/c1-16-11-13-18(14-12-16)21-15-19-7-3-5-9-22(19)25-23-10-6-4-8-20(23)17(2)24(21)25/h3-15H,1-2H3. The van der Waals surface area contributed by atoms with Crippen LogP contribution in [-0.2, 0) is 0 Å². The Bertz CT molecular complexity index is 1240. The van der Waals surface area contributed by atoms with Crippen molar-refractivity contribution < 1.29 is 0 Å². The van der Waals surface area contributed by atoms with Gasteiger partial charge in [0.1, 0.15) is 0 Å². The Kier molecular flexibility index (Phi) is 2.98. The highest BCUT2D eigenvalue weighted by molar-refractivity contribution is 6.04. The van der Waals surface area contributed by atoms with Gasteiger partial charge in [-0.1, -0.05) is 66.2 Å². The van der Waals surface area contributed by atoms with E-state index < -0.39 is 0 Å². The van der Waals surface area contributed by atoms with Gasteiger partial charge in [0.15, 0.2) is 0 Å². The van der Waals surface area contributed by atoms with E-state index in [9.17, 15) is 0 Å². The van der Waals surface area contributed by atoms with Gasteiger partial charge in [0, 0.05) is 10.9 Å². The van der Waals surface area contributed by atoms with Crippen molar-refractivity contribution in [3.8, 4) is 11.1 Å². The molecule has 0 radical (unpaired) electrons. The molecule has 5 aromatic rings. The molecule has 0 spiro atoms. The number of hydrogen-bond donors (Lipinski definition) is 0. The first-order valence-electron chi connectivity index (χ1n) is 8.72. The van der Waals surface area contributed by atoms with Gasteiger partial charge >= 0.3 is 0 Å². The highest BCUT2D eigenvalue weighted by Crippen LogP contribution is 2.37. The molecule has 2 heterocycles. The second-order valence-corrected chi connectivity index (χ2v) is 6.81. The lowest BCUT2D eigenvalue weighted by molar-refractivity contribution is 1.32. The lowest BCUT2D eigenvalue weighted by Crippen LogP contribution is -1.92. The molecule has 0 N–H and O–H groups in total. The van der Waals surface area contributed by atoms with E-state index in [0.717, 1.165) is 0 Å². The van der Waals surface area contributed by atoms with Crippen LogP contribution in [0.15, 0.2) is 78.9 Å². The van der Waals surface area contributed by atoms with Crippen molar-refractivity contribution in [2.24, 2.45) is 0 Å². The van der Waals surface area contributed by atoms with Crippen molar-refractivity contribution >= 4 is 27.3 Å². The number of pyridine rings is 1. The topological polar surface area (TPSA) is 4.41 Å². The molecule has 0 bridgehead atoms. The fourth-order valence-electron chi connectivity index (χ4n) is 3.96. The molecule has 25 heavy (non-hydrogen) atoms. The van der Waals surface area contributed by atoms with E-state index in [4.69, 9.17) is 0 Å². The van der Waals surface area contributed by atoms with Crippen LogP contribution >= 0.6 is 0 Å². The van der Waals surface area contributed by atoms with Crippen molar-refractivity contribution in [2.45, 2.75) is 13.8 Å². The molecule has 0 saturated carbocycles. The van der Waals surface area contributed by atoms with E-state index in [-0.39, 0.29) is 0 Å². The third-order valence-corrected chi connectivity index (χ3v) is 5.22. The smallest absolute Gasteiger partial charge is 0.0576 e. The largest absolute Gasteiger partial charge is 0.308 e. The Labute approximate surface area is 147 Å². The zero-order valence-corrected chi connectivity index (χ0v) is 14.5. The molecular weight excluding hydrogens is 302 g/mol. The number of fused-ring (bicyclic) bond motifs is 5. The van der Waals surface area contributed by atoms with Crippen LogP contribution in [0.3, 0.4) is 0 Å². The van der Waals surface area contributed by atoms with Crippen LogP contribution in [0.2, 0.25) is 0 Å². The van der Waals surface area contributed by atoms with Crippen molar-refractivity contribution in [3.63, 3.8) is 0 Å². The number of para-hydroxylation sites is 2. The molecular formula is C24H19N. The van der Waals surface area contributed by atoms with E-state index in [1.807, 2.05) is 0 Å². The lowest BCUT2D eigenvalue weighted by Gasteiger charge is -2.11. The van der Waals surface area contributed by atoms with E-state index in [0.29, 0.717) is 0 Å². The predicted octanol–water partition coefficient (Wildman–Crippen LogP) is 6.53. The minimum absolute atomic E-state index is 1.26. The second-order valence-electron chi connectivity index (χ2n) is 6.81. The van der Waals surface area contributed by atoms with Crippen LogP contribution in [0.5, 0.6) is 0 Å². The molecule has 0 amide bonds. The first-order valence-corrected chi connectivity index (χ1v) is 8.72. The Morgan fingerprint density at radius 2 is 1.36 bits per heavy atom. The SMILES string of the molecule is Cc1ccc(-c2cc3ccccc3n3c2c(C)c2ccccc23)cc1. The summed E-state index contributed by atoms with van der Waals surface area (Å²) in [4.78, 5) is 0. The first-order chi connectivity index (χ1) is 12.2. The molecule has 0 aliphatic heterocycles. The summed E-state index contributed by atoms with van der Waals surface area (Å²) in [6.07, 6.45) is 0. The molecule has 0 aliphatic carbocycles. The molecule has 1 nitrogen and oxygen atoms in total. The number of rotatable bonds is 1. The highest BCUT2D eigenvalue weighted by Gasteiger charge is 2.15. The van der Waals surface area contributed by atoms with E-state index >= 15 is 0 Å². The minimum atomic E-state index is 1.26. The number of nitrogens with zero attached hydrogens (tertiary/aromatic N) is 1. The van der Waals surface area contributed by atoms with Crippen LogP contribution in [0.25, 0.3) is 38.4 Å². The summed E-state index contributed by atoms with van der Waals surface area (Å²) in [7, 11) is 0. The second kappa shape index (κ2) is 5.22. The molecule has 1 heteroatoms. The average Bonchev–Trinajstić information content (AvgIpc) is 2.96. The maximum atomic E-state index is 2.43. The normalized spacial score (nSPS) is 11.6. The molecule has 120 valence electrons. The third-order valence-electron chi connectivity index (χ3n) is 5.22.